The van der Waals surface area contributed by atoms with Crippen LogP contribution in [0, 0.1) is 0 Å². The number of amides is 1. The number of nitrogens with one attached hydrogen (secondary N) is 3. The lowest BCUT2D eigenvalue weighted by Crippen LogP contribution is -2.54. The Kier molecular flexibility index (Phi) is 3.67. The molecule has 0 bridgehead atoms. The number of piperidine rings is 1. The maximum absolute atomic E-state index is 12.3. The zero-order valence-corrected chi connectivity index (χ0v) is 12.3. The first-order valence-electron chi connectivity index (χ1n) is 6.94. The average molecular weight is 264 g/mol. The van der Waals surface area contributed by atoms with E-state index in [-0.39, 0.29) is 11.3 Å². The summed E-state index contributed by atoms with van der Waals surface area (Å²) in [5.74, 6) is 0.600. The van der Waals surface area contributed by atoms with Crippen LogP contribution in [0.5, 0.6) is 0 Å². The van der Waals surface area contributed by atoms with E-state index < -0.39 is 5.54 Å². The van der Waals surface area contributed by atoms with Gasteiger partial charge in [0.25, 0.3) is 0 Å². The molecule has 2 heterocycles. The van der Waals surface area contributed by atoms with Gasteiger partial charge in [0.15, 0.2) is 5.82 Å². The molecular weight excluding hydrogens is 240 g/mol. The Hall–Kier alpha value is -1.36. The van der Waals surface area contributed by atoms with Crippen LogP contribution in [0.3, 0.4) is 0 Å². The molecule has 1 aromatic heterocycles. The zero-order chi connectivity index (χ0) is 14.1. The first-order valence-corrected chi connectivity index (χ1v) is 6.94. The van der Waals surface area contributed by atoms with Gasteiger partial charge in [0.2, 0.25) is 5.91 Å². The van der Waals surface area contributed by atoms with Gasteiger partial charge in [-0.05, 0) is 32.7 Å². The number of carbonyl (C=O) groups excluding carboxylic acids is 1. The van der Waals surface area contributed by atoms with Crippen LogP contribution < -0.4 is 10.6 Å². The third-order valence-electron chi connectivity index (χ3n) is 3.75. The van der Waals surface area contributed by atoms with Gasteiger partial charge in [-0.2, -0.15) is 5.10 Å². The summed E-state index contributed by atoms with van der Waals surface area (Å²) in [7, 11) is 0. The maximum Gasteiger partial charge on any atom is 0.245 e. The monoisotopic (exact) mass is 264 g/mol. The molecule has 0 radical (unpaired) electrons. The van der Waals surface area contributed by atoms with E-state index >= 15 is 0 Å². The third-order valence-corrected chi connectivity index (χ3v) is 3.75. The molecule has 0 saturated carbocycles. The van der Waals surface area contributed by atoms with E-state index in [0.717, 1.165) is 31.5 Å². The van der Waals surface area contributed by atoms with Crippen LogP contribution in [-0.4, -0.2) is 28.2 Å². The number of H-pyrrole nitrogens is 1. The molecule has 1 saturated heterocycles. The number of carbonyl (C=O) groups is 1. The Morgan fingerprint density at radius 3 is 2.68 bits per heavy atom. The predicted octanol–water partition coefficient (Wildman–Crippen LogP) is 2.18. The number of rotatable bonds is 2. The van der Waals surface area contributed by atoms with Crippen molar-refractivity contribution in [2.45, 2.75) is 57.9 Å². The highest BCUT2D eigenvalue weighted by molar-refractivity contribution is 5.97. The smallest absolute Gasteiger partial charge is 0.245 e. The Bertz CT molecular complexity index is 452. The summed E-state index contributed by atoms with van der Waals surface area (Å²) in [6.45, 7) is 9.18. The lowest BCUT2D eigenvalue weighted by molar-refractivity contribution is -0.122. The fourth-order valence-electron chi connectivity index (χ4n) is 2.27. The van der Waals surface area contributed by atoms with Gasteiger partial charge in [-0.3, -0.25) is 9.89 Å². The number of aromatic amines is 1. The van der Waals surface area contributed by atoms with Crippen molar-refractivity contribution in [3.05, 3.63) is 11.8 Å². The van der Waals surface area contributed by atoms with Crippen molar-refractivity contribution in [1.82, 2.24) is 15.5 Å². The van der Waals surface area contributed by atoms with Gasteiger partial charge < -0.3 is 10.6 Å². The van der Waals surface area contributed by atoms with Gasteiger partial charge in [-0.1, -0.05) is 20.8 Å². The molecule has 0 spiro atoms. The molecule has 5 heteroatoms. The fraction of sp³-hybridized carbons (Fsp3) is 0.714. The van der Waals surface area contributed by atoms with Crippen LogP contribution in [0.25, 0.3) is 0 Å². The van der Waals surface area contributed by atoms with E-state index in [1.54, 1.807) is 0 Å². The molecule has 106 valence electrons. The summed E-state index contributed by atoms with van der Waals surface area (Å²) in [5.41, 5.74) is 0.548. The second-order valence-electron chi connectivity index (χ2n) is 6.59. The van der Waals surface area contributed by atoms with Crippen molar-refractivity contribution < 1.29 is 4.79 Å². The highest BCUT2D eigenvalue weighted by Gasteiger charge is 2.34. The molecule has 1 amide bonds. The molecule has 1 atom stereocenters. The predicted molar refractivity (Wildman–Crippen MR) is 76.2 cm³/mol. The third kappa shape index (κ3) is 3.15. The Balaban J connectivity index is 2.04. The SMILES string of the molecule is CC1(C(=O)Nc2cc(C(C)(C)C)[nH]n2)CCCCN1. The van der Waals surface area contributed by atoms with Crippen molar-refractivity contribution >= 4 is 11.7 Å². The largest absolute Gasteiger partial charge is 0.308 e. The van der Waals surface area contributed by atoms with Gasteiger partial charge in [0, 0.05) is 17.2 Å². The minimum absolute atomic E-state index is 0.000779. The summed E-state index contributed by atoms with van der Waals surface area (Å²) >= 11 is 0. The second kappa shape index (κ2) is 4.96. The molecule has 3 N–H and O–H groups in total. The van der Waals surface area contributed by atoms with Gasteiger partial charge in [-0.25, -0.2) is 0 Å². The number of anilines is 1. The zero-order valence-electron chi connectivity index (χ0n) is 12.3. The van der Waals surface area contributed by atoms with Crippen LogP contribution in [0.15, 0.2) is 6.07 Å². The molecule has 5 nitrogen and oxygen atoms in total. The van der Waals surface area contributed by atoms with Crippen LogP contribution in [0.4, 0.5) is 5.82 Å². The van der Waals surface area contributed by atoms with E-state index in [1.165, 1.54) is 0 Å². The molecule has 0 aromatic carbocycles. The van der Waals surface area contributed by atoms with Gasteiger partial charge >= 0.3 is 0 Å². The molecule has 19 heavy (non-hydrogen) atoms. The van der Waals surface area contributed by atoms with Crippen molar-refractivity contribution in [2.75, 3.05) is 11.9 Å². The van der Waals surface area contributed by atoms with E-state index in [4.69, 9.17) is 0 Å². The molecule has 1 fully saturated rings. The van der Waals surface area contributed by atoms with Crippen molar-refractivity contribution in [1.29, 1.82) is 0 Å². The number of nitrogens with zero attached hydrogens (tertiary/aromatic N) is 1. The van der Waals surface area contributed by atoms with E-state index in [9.17, 15) is 4.79 Å². The fourth-order valence-corrected chi connectivity index (χ4v) is 2.27. The van der Waals surface area contributed by atoms with Crippen molar-refractivity contribution in [3.8, 4) is 0 Å². The summed E-state index contributed by atoms with van der Waals surface area (Å²) < 4.78 is 0. The summed E-state index contributed by atoms with van der Waals surface area (Å²) in [5, 5.41) is 13.3. The Morgan fingerprint density at radius 1 is 1.42 bits per heavy atom. The molecule has 0 aliphatic carbocycles. The normalized spacial score (nSPS) is 24.2. The average Bonchev–Trinajstić information content (AvgIpc) is 2.78. The molecule has 1 aliphatic rings. The van der Waals surface area contributed by atoms with E-state index in [2.05, 4.69) is 41.6 Å². The highest BCUT2D eigenvalue weighted by atomic mass is 16.2. The molecule has 2 rings (SSSR count). The van der Waals surface area contributed by atoms with Crippen LogP contribution >= 0.6 is 0 Å². The Labute approximate surface area is 114 Å². The molecule has 1 unspecified atom stereocenters. The van der Waals surface area contributed by atoms with Gasteiger partial charge in [0.1, 0.15) is 0 Å². The van der Waals surface area contributed by atoms with E-state index in [1.807, 2.05) is 13.0 Å². The molecular formula is C14H24N4O. The highest BCUT2D eigenvalue weighted by Crippen LogP contribution is 2.24. The minimum Gasteiger partial charge on any atom is -0.308 e. The van der Waals surface area contributed by atoms with Crippen LogP contribution in [0.1, 0.15) is 52.7 Å². The standard InChI is InChI=1S/C14H24N4O/c1-13(2,3)10-9-11(18-17-10)16-12(19)14(4)7-5-6-8-15-14/h9,15H,5-8H2,1-4H3,(H2,16,17,18,19). The summed E-state index contributed by atoms with van der Waals surface area (Å²) in [4.78, 5) is 12.3. The van der Waals surface area contributed by atoms with Gasteiger partial charge in [-0.15, -0.1) is 0 Å². The number of hydrogen-bond acceptors (Lipinski definition) is 3. The minimum atomic E-state index is -0.473. The topological polar surface area (TPSA) is 69.8 Å². The molecule has 1 aromatic rings. The van der Waals surface area contributed by atoms with Crippen LogP contribution in [-0.2, 0) is 10.2 Å². The lowest BCUT2D eigenvalue weighted by atomic mass is 9.90. The maximum atomic E-state index is 12.3. The second-order valence-corrected chi connectivity index (χ2v) is 6.59. The first kappa shape index (κ1) is 14.1. The lowest BCUT2D eigenvalue weighted by Gasteiger charge is -2.33. The summed E-state index contributed by atoms with van der Waals surface area (Å²) in [6, 6.07) is 1.91. The number of aromatic nitrogens is 2. The summed E-state index contributed by atoms with van der Waals surface area (Å²) in [6.07, 6.45) is 3.10. The van der Waals surface area contributed by atoms with Gasteiger partial charge in [0.05, 0.1) is 5.54 Å². The Morgan fingerprint density at radius 2 is 2.16 bits per heavy atom. The first-order chi connectivity index (χ1) is 8.81. The van der Waals surface area contributed by atoms with E-state index in [0.29, 0.717) is 5.82 Å². The quantitative estimate of drug-likeness (QED) is 0.767. The van der Waals surface area contributed by atoms with Crippen molar-refractivity contribution in [3.63, 3.8) is 0 Å². The number of hydrogen-bond donors (Lipinski definition) is 3. The molecule has 1 aliphatic heterocycles. The van der Waals surface area contributed by atoms with Crippen LogP contribution in [0.2, 0.25) is 0 Å². The van der Waals surface area contributed by atoms with Crippen molar-refractivity contribution in [2.24, 2.45) is 0 Å².